The fourth-order valence-electron chi connectivity index (χ4n) is 2.83. The van der Waals surface area contributed by atoms with Crippen molar-refractivity contribution in [1.82, 2.24) is 5.32 Å². The molecule has 0 fully saturated rings. The molecule has 0 aliphatic rings. The van der Waals surface area contributed by atoms with Crippen LogP contribution in [0.4, 0.5) is 0 Å². The zero-order chi connectivity index (χ0) is 15.1. The van der Waals surface area contributed by atoms with Crippen molar-refractivity contribution in [2.45, 2.75) is 52.0 Å². The first-order chi connectivity index (χ1) is 10.3. The van der Waals surface area contributed by atoms with Gasteiger partial charge in [-0.15, -0.1) is 0 Å². The molecule has 0 aliphatic carbocycles. The summed E-state index contributed by atoms with van der Waals surface area (Å²) in [6.45, 7) is 5.66. The third-order valence-corrected chi connectivity index (χ3v) is 4.01. The van der Waals surface area contributed by atoms with E-state index in [4.69, 9.17) is 9.52 Å². The van der Waals surface area contributed by atoms with E-state index in [1.54, 1.807) is 0 Å². The molecule has 1 aromatic heterocycles. The molecule has 3 nitrogen and oxygen atoms in total. The Morgan fingerprint density at radius 3 is 2.67 bits per heavy atom. The zero-order valence-corrected chi connectivity index (χ0v) is 13.2. The second kappa shape index (κ2) is 8.20. The summed E-state index contributed by atoms with van der Waals surface area (Å²) in [6, 6.07) is 8.52. The summed E-state index contributed by atoms with van der Waals surface area (Å²) in [5.74, 6) is 1.08. The minimum Gasteiger partial charge on any atom is -0.459 e. The molecule has 0 radical (unpaired) electrons. The molecule has 2 N–H and O–H groups in total. The van der Waals surface area contributed by atoms with Crippen LogP contribution in [0, 0.1) is 0 Å². The third-order valence-electron chi connectivity index (χ3n) is 4.01. The molecule has 0 bridgehead atoms. The van der Waals surface area contributed by atoms with Crippen LogP contribution in [0.25, 0.3) is 11.0 Å². The standard InChI is InChI=1S/C18H27NO2/c1-3-15-16-10-6-7-11-17(16)21-18(15)14(2)19-12-8-4-5-9-13-20/h6-7,10-11,14,19-20H,3-5,8-9,12-13H2,1-2H3. The van der Waals surface area contributed by atoms with Gasteiger partial charge in [-0.3, -0.25) is 0 Å². The van der Waals surface area contributed by atoms with Crippen LogP contribution in [-0.4, -0.2) is 18.3 Å². The molecule has 1 unspecified atom stereocenters. The molecule has 1 atom stereocenters. The van der Waals surface area contributed by atoms with Gasteiger partial charge in [0, 0.05) is 17.6 Å². The van der Waals surface area contributed by atoms with Crippen molar-refractivity contribution in [3.8, 4) is 0 Å². The lowest BCUT2D eigenvalue weighted by atomic mass is 10.0. The van der Waals surface area contributed by atoms with Gasteiger partial charge in [0.25, 0.3) is 0 Å². The minimum atomic E-state index is 0.241. The van der Waals surface area contributed by atoms with Crippen LogP contribution >= 0.6 is 0 Å². The number of fused-ring (bicyclic) bond motifs is 1. The van der Waals surface area contributed by atoms with Crippen LogP contribution in [0.1, 0.15) is 56.9 Å². The summed E-state index contributed by atoms with van der Waals surface area (Å²) in [4.78, 5) is 0. The zero-order valence-electron chi connectivity index (χ0n) is 13.2. The lowest BCUT2D eigenvalue weighted by Crippen LogP contribution is -2.20. The maximum atomic E-state index is 8.76. The van der Waals surface area contributed by atoms with Crippen LogP contribution in [0.2, 0.25) is 0 Å². The fraction of sp³-hybridized carbons (Fsp3) is 0.556. The van der Waals surface area contributed by atoms with Crippen molar-refractivity contribution >= 4 is 11.0 Å². The Morgan fingerprint density at radius 2 is 1.90 bits per heavy atom. The lowest BCUT2D eigenvalue weighted by Gasteiger charge is -2.13. The number of hydrogen-bond acceptors (Lipinski definition) is 3. The van der Waals surface area contributed by atoms with Crippen LogP contribution in [0.3, 0.4) is 0 Å². The first-order valence-corrected chi connectivity index (χ1v) is 8.12. The van der Waals surface area contributed by atoms with Gasteiger partial charge in [-0.2, -0.15) is 0 Å². The van der Waals surface area contributed by atoms with Gasteiger partial charge in [0.2, 0.25) is 0 Å². The Morgan fingerprint density at radius 1 is 1.14 bits per heavy atom. The number of para-hydroxylation sites is 1. The predicted molar refractivity (Wildman–Crippen MR) is 87.6 cm³/mol. The van der Waals surface area contributed by atoms with E-state index in [-0.39, 0.29) is 6.04 Å². The van der Waals surface area contributed by atoms with E-state index in [0.29, 0.717) is 6.61 Å². The van der Waals surface area contributed by atoms with E-state index >= 15 is 0 Å². The van der Waals surface area contributed by atoms with Gasteiger partial charge >= 0.3 is 0 Å². The van der Waals surface area contributed by atoms with Crippen LogP contribution in [0.15, 0.2) is 28.7 Å². The average Bonchev–Trinajstić information content (AvgIpc) is 2.89. The summed E-state index contributed by atoms with van der Waals surface area (Å²) in [6.07, 6.45) is 5.33. The molecule has 0 spiro atoms. The molecule has 0 saturated heterocycles. The highest BCUT2D eigenvalue weighted by Crippen LogP contribution is 2.30. The summed E-state index contributed by atoms with van der Waals surface area (Å²) in [7, 11) is 0. The molecule has 1 aromatic carbocycles. The van der Waals surface area contributed by atoms with Gasteiger partial charge in [0.05, 0.1) is 6.04 Å². The van der Waals surface area contributed by atoms with Gasteiger partial charge in [0.1, 0.15) is 11.3 Å². The number of benzene rings is 1. The fourth-order valence-corrected chi connectivity index (χ4v) is 2.83. The molecule has 0 aliphatic heterocycles. The Kier molecular flexibility index (Phi) is 6.27. The highest BCUT2D eigenvalue weighted by molar-refractivity contribution is 5.82. The van der Waals surface area contributed by atoms with Crippen molar-refractivity contribution < 1.29 is 9.52 Å². The van der Waals surface area contributed by atoms with Crippen molar-refractivity contribution in [1.29, 1.82) is 0 Å². The highest BCUT2D eigenvalue weighted by atomic mass is 16.3. The van der Waals surface area contributed by atoms with E-state index in [2.05, 4.69) is 31.3 Å². The lowest BCUT2D eigenvalue weighted by molar-refractivity contribution is 0.282. The van der Waals surface area contributed by atoms with Gasteiger partial charge in [-0.1, -0.05) is 38.0 Å². The second-order valence-corrected chi connectivity index (χ2v) is 5.61. The molecule has 2 rings (SSSR count). The Balaban J connectivity index is 1.94. The molecule has 1 heterocycles. The first kappa shape index (κ1) is 16.1. The SMILES string of the molecule is CCc1c(C(C)NCCCCCCO)oc2ccccc12. The molecular formula is C18H27NO2. The van der Waals surface area contributed by atoms with Crippen molar-refractivity contribution in [3.05, 3.63) is 35.6 Å². The number of nitrogens with one attached hydrogen (secondary N) is 1. The number of unbranched alkanes of at least 4 members (excludes halogenated alkanes) is 3. The van der Waals surface area contributed by atoms with E-state index in [9.17, 15) is 0 Å². The van der Waals surface area contributed by atoms with Crippen molar-refractivity contribution in [2.75, 3.05) is 13.2 Å². The van der Waals surface area contributed by atoms with Gasteiger partial charge < -0.3 is 14.8 Å². The van der Waals surface area contributed by atoms with Crippen LogP contribution in [-0.2, 0) is 6.42 Å². The Hall–Kier alpha value is -1.32. The number of aliphatic hydroxyl groups is 1. The third kappa shape index (κ3) is 4.08. The molecular weight excluding hydrogens is 262 g/mol. The summed E-state index contributed by atoms with van der Waals surface area (Å²) in [5.41, 5.74) is 2.31. The number of hydrogen-bond donors (Lipinski definition) is 2. The van der Waals surface area contributed by atoms with E-state index in [0.717, 1.165) is 43.6 Å². The summed E-state index contributed by atoms with van der Waals surface area (Å²) >= 11 is 0. The molecule has 0 amide bonds. The number of aliphatic hydroxyl groups excluding tert-OH is 1. The smallest absolute Gasteiger partial charge is 0.134 e. The van der Waals surface area contributed by atoms with Gasteiger partial charge in [-0.05, 0) is 38.8 Å². The number of aryl methyl sites for hydroxylation is 1. The normalized spacial score (nSPS) is 12.9. The highest BCUT2D eigenvalue weighted by Gasteiger charge is 2.17. The molecule has 3 heteroatoms. The van der Waals surface area contributed by atoms with E-state index in [1.807, 2.05) is 12.1 Å². The van der Waals surface area contributed by atoms with Crippen molar-refractivity contribution in [2.24, 2.45) is 0 Å². The topological polar surface area (TPSA) is 45.4 Å². The molecule has 0 saturated carbocycles. The molecule has 2 aromatic rings. The summed E-state index contributed by atoms with van der Waals surface area (Å²) in [5, 5.41) is 13.6. The molecule has 116 valence electrons. The minimum absolute atomic E-state index is 0.241. The average molecular weight is 289 g/mol. The van der Waals surface area contributed by atoms with E-state index in [1.165, 1.54) is 17.4 Å². The number of furan rings is 1. The largest absolute Gasteiger partial charge is 0.459 e. The monoisotopic (exact) mass is 289 g/mol. The van der Waals surface area contributed by atoms with Gasteiger partial charge in [0.15, 0.2) is 0 Å². The quantitative estimate of drug-likeness (QED) is 0.680. The second-order valence-electron chi connectivity index (χ2n) is 5.61. The van der Waals surface area contributed by atoms with Crippen LogP contribution < -0.4 is 5.32 Å². The Bertz CT molecular complexity index is 547. The summed E-state index contributed by atoms with van der Waals surface area (Å²) < 4.78 is 6.05. The van der Waals surface area contributed by atoms with Crippen molar-refractivity contribution in [3.63, 3.8) is 0 Å². The maximum absolute atomic E-state index is 8.76. The predicted octanol–water partition coefficient (Wildman–Crippen LogP) is 4.20. The van der Waals surface area contributed by atoms with Gasteiger partial charge in [-0.25, -0.2) is 0 Å². The maximum Gasteiger partial charge on any atom is 0.134 e. The number of rotatable bonds is 9. The molecule has 21 heavy (non-hydrogen) atoms. The van der Waals surface area contributed by atoms with E-state index < -0.39 is 0 Å². The Labute approximate surface area is 127 Å². The van der Waals surface area contributed by atoms with Crippen LogP contribution in [0.5, 0.6) is 0 Å². The first-order valence-electron chi connectivity index (χ1n) is 8.12.